The molecule has 0 bridgehead atoms. The van der Waals surface area contributed by atoms with Gasteiger partial charge < -0.3 is 29.8 Å². The zero-order valence-corrected chi connectivity index (χ0v) is 18.7. The summed E-state index contributed by atoms with van der Waals surface area (Å²) in [6.07, 6.45) is 2.56. The summed E-state index contributed by atoms with van der Waals surface area (Å²) in [5.41, 5.74) is 6.60. The van der Waals surface area contributed by atoms with Crippen LogP contribution in [-0.4, -0.2) is 55.5 Å². The predicted octanol–water partition coefficient (Wildman–Crippen LogP) is 3.39. The molecular formula is C19H19BrN6O4S. The summed E-state index contributed by atoms with van der Waals surface area (Å²) in [6.45, 7) is 1.88. The first-order chi connectivity index (χ1) is 15.0. The van der Waals surface area contributed by atoms with Crippen molar-refractivity contribution in [2.24, 2.45) is 5.92 Å². The van der Waals surface area contributed by atoms with E-state index in [1.165, 1.54) is 16.7 Å². The van der Waals surface area contributed by atoms with Gasteiger partial charge in [-0.2, -0.15) is 0 Å². The molecule has 1 aromatic carbocycles. The number of anilines is 1. The SMILES string of the molecule is Nc1ncn(CC2CCCN(C(=O)O)C2)c2nc(Sc3cc4c(cc3Br)OCO4)nc1-2. The molecule has 4 heterocycles. The Morgan fingerprint density at radius 1 is 1.32 bits per heavy atom. The van der Waals surface area contributed by atoms with Gasteiger partial charge in [0.05, 0.1) is 6.33 Å². The van der Waals surface area contributed by atoms with E-state index in [1.54, 1.807) is 6.33 Å². The number of amides is 1. The third kappa shape index (κ3) is 3.97. The number of piperidine rings is 1. The van der Waals surface area contributed by atoms with Crippen LogP contribution in [0, 0.1) is 5.92 Å². The van der Waals surface area contributed by atoms with Crippen LogP contribution < -0.4 is 15.2 Å². The van der Waals surface area contributed by atoms with E-state index in [-0.39, 0.29) is 12.7 Å². The second-order valence-corrected chi connectivity index (χ2v) is 9.30. The minimum absolute atomic E-state index is 0.180. The molecule has 1 aromatic rings. The fourth-order valence-electron chi connectivity index (χ4n) is 3.85. The molecule has 1 atom stereocenters. The van der Waals surface area contributed by atoms with Gasteiger partial charge in [0.1, 0.15) is 0 Å². The van der Waals surface area contributed by atoms with E-state index in [0.717, 1.165) is 22.2 Å². The summed E-state index contributed by atoms with van der Waals surface area (Å²) in [4.78, 5) is 27.2. The summed E-state index contributed by atoms with van der Waals surface area (Å²) >= 11 is 4.94. The lowest BCUT2D eigenvalue weighted by molar-refractivity contribution is 0.116. The molecule has 1 amide bonds. The normalized spacial score (nSPS) is 18.0. The molecule has 3 N–H and O–H groups in total. The van der Waals surface area contributed by atoms with Crippen molar-refractivity contribution in [2.45, 2.75) is 29.4 Å². The molecule has 1 saturated heterocycles. The highest BCUT2D eigenvalue weighted by atomic mass is 79.9. The van der Waals surface area contributed by atoms with Crippen LogP contribution in [0.5, 0.6) is 11.5 Å². The van der Waals surface area contributed by atoms with Crippen LogP contribution in [0.2, 0.25) is 0 Å². The molecular weight excluding hydrogens is 488 g/mol. The Labute approximate surface area is 190 Å². The number of nitrogens with zero attached hydrogens (tertiary/aromatic N) is 5. The molecule has 10 nitrogen and oxygen atoms in total. The van der Waals surface area contributed by atoms with Gasteiger partial charge in [0.15, 0.2) is 34.0 Å². The van der Waals surface area contributed by atoms with Gasteiger partial charge in [-0.25, -0.2) is 19.7 Å². The number of benzene rings is 1. The van der Waals surface area contributed by atoms with E-state index in [9.17, 15) is 9.90 Å². The number of nitrogens with two attached hydrogens (primary N) is 1. The number of aromatic nitrogens is 4. The first-order valence-electron chi connectivity index (χ1n) is 9.71. The number of fused-ring (bicyclic) bond motifs is 2. The van der Waals surface area contributed by atoms with Crippen LogP contribution in [-0.2, 0) is 6.54 Å². The van der Waals surface area contributed by atoms with Crippen molar-refractivity contribution in [2.75, 3.05) is 25.6 Å². The van der Waals surface area contributed by atoms with Gasteiger partial charge in [0.25, 0.3) is 0 Å². The average molecular weight is 507 g/mol. The van der Waals surface area contributed by atoms with E-state index >= 15 is 0 Å². The predicted molar refractivity (Wildman–Crippen MR) is 116 cm³/mol. The highest BCUT2D eigenvalue weighted by Crippen LogP contribution is 2.43. The highest BCUT2D eigenvalue weighted by Gasteiger charge is 2.26. The molecule has 4 aliphatic rings. The Bertz CT molecular complexity index is 1130. The zero-order valence-electron chi connectivity index (χ0n) is 16.3. The number of hydrogen-bond acceptors (Lipinski definition) is 8. The van der Waals surface area contributed by atoms with Crippen molar-refractivity contribution in [3.63, 3.8) is 0 Å². The molecule has 1 fully saturated rings. The van der Waals surface area contributed by atoms with Gasteiger partial charge in [-0.05, 0) is 58.6 Å². The standard InChI is InChI=1S/C19H19BrN6O4S/c20-11-4-12-13(30-9-29-12)5-14(11)31-18-23-15-16(21)22-8-26(17(15)24-18)7-10-2-1-3-25(6-10)19(27)28/h4-5,8,10H,1-3,6-7,9,21H2,(H,27,28). The van der Waals surface area contributed by atoms with Crippen LogP contribution in [0.4, 0.5) is 10.6 Å². The monoisotopic (exact) mass is 506 g/mol. The number of imidazole rings is 1. The van der Waals surface area contributed by atoms with Crippen LogP contribution in [0.1, 0.15) is 12.8 Å². The Hall–Kier alpha value is -2.73. The number of ether oxygens (including phenoxy) is 2. The summed E-state index contributed by atoms with van der Waals surface area (Å²) in [5.74, 6) is 2.50. The molecule has 0 spiro atoms. The third-order valence-electron chi connectivity index (χ3n) is 5.34. The van der Waals surface area contributed by atoms with Gasteiger partial charge in [-0.1, -0.05) is 0 Å². The highest BCUT2D eigenvalue weighted by molar-refractivity contribution is 9.10. The molecule has 162 valence electrons. The number of rotatable bonds is 4. The smallest absolute Gasteiger partial charge is 0.407 e. The Morgan fingerprint density at radius 3 is 2.94 bits per heavy atom. The lowest BCUT2D eigenvalue weighted by Gasteiger charge is -2.31. The maximum atomic E-state index is 11.3. The molecule has 0 aliphatic carbocycles. The van der Waals surface area contributed by atoms with Crippen LogP contribution in [0.25, 0.3) is 11.5 Å². The molecule has 5 rings (SSSR count). The molecule has 0 aromatic heterocycles. The summed E-state index contributed by atoms with van der Waals surface area (Å²) in [6, 6.07) is 3.75. The van der Waals surface area contributed by atoms with Crippen molar-refractivity contribution in [1.82, 2.24) is 24.4 Å². The van der Waals surface area contributed by atoms with Crippen LogP contribution in [0.3, 0.4) is 0 Å². The molecule has 4 aliphatic heterocycles. The van der Waals surface area contributed by atoms with Gasteiger partial charge in [0.2, 0.25) is 6.79 Å². The zero-order chi connectivity index (χ0) is 21.5. The van der Waals surface area contributed by atoms with Crippen molar-refractivity contribution < 1.29 is 19.4 Å². The van der Waals surface area contributed by atoms with Crippen molar-refractivity contribution in [3.05, 3.63) is 22.9 Å². The van der Waals surface area contributed by atoms with Gasteiger partial charge in [-0.15, -0.1) is 0 Å². The maximum absolute atomic E-state index is 11.3. The van der Waals surface area contributed by atoms with E-state index in [0.29, 0.717) is 53.6 Å². The number of hydrogen-bond donors (Lipinski definition) is 2. The van der Waals surface area contributed by atoms with E-state index in [4.69, 9.17) is 20.2 Å². The lowest BCUT2D eigenvalue weighted by Crippen LogP contribution is -2.40. The first-order valence-corrected chi connectivity index (χ1v) is 11.3. The van der Waals surface area contributed by atoms with Gasteiger partial charge in [-0.3, -0.25) is 0 Å². The van der Waals surface area contributed by atoms with Crippen molar-refractivity contribution in [3.8, 4) is 23.0 Å². The summed E-state index contributed by atoms with van der Waals surface area (Å²) in [7, 11) is 0. The molecule has 0 radical (unpaired) electrons. The second-order valence-electron chi connectivity index (χ2n) is 7.44. The number of nitrogen functional groups attached to an aromatic ring is 1. The average Bonchev–Trinajstić information content (AvgIpc) is 3.38. The van der Waals surface area contributed by atoms with E-state index in [2.05, 4.69) is 25.9 Å². The first kappa shape index (κ1) is 20.2. The summed E-state index contributed by atoms with van der Waals surface area (Å²) in [5, 5.41) is 9.84. The summed E-state index contributed by atoms with van der Waals surface area (Å²) < 4.78 is 13.6. The lowest BCUT2D eigenvalue weighted by atomic mass is 9.98. The molecule has 0 saturated carbocycles. The van der Waals surface area contributed by atoms with Gasteiger partial charge >= 0.3 is 6.09 Å². The number of carbonyl (C=O) groups is 1. The Morgan fingerprint density at radius 2 is 2.13 bits per heavy atom. The largest absolute Gasteiger partial charge is 0.465 e. The fraction of sp³-hybridized carbons (Fsp3) is 0.368. The number of likely N-dealkylation sites (tertiary alicyclic amines) is 1. The van der Waals surface area contributed by atoms with Crippen LogP contribution >= 0.6 is 27.7 Å². The topological polar surface area (TPSA) is 129 Å². The quantitative estimate of drug-likeness (QED) is 0.546. The second kappa shape index (κ2) is 8.08. The minimum atomic E-state index is -0.878. The number of carboxylic acid groups (broad SMARTS) is 1. The fourth-order valence-corrected chi connectivity index (χ4v) is 5.21. The third-order valence-corrected chi connectivity index (χ3v) is 7.19. The Kier molecular flexibility index (Phi) is 5.26. The maximum Gasteiger partial charge on any atom is 0.407 e. The van der Waals surface area contributed by atoms with Crippen molar-refractivity contribution in [1.29, 1.82) is 0 Å². The van der Waals surface area contributed by atoms with Gasteiger partial charge in [0, 0.05) is 29.0 Å². The van der Waals surface area contributed by atoms with E-state index < -0.39 is 6.09 Å². The molecule has 12 heteroatoms. The van der Waals surface area contributed by atoms with Crippen molar-refractivity contribution >= 4 is 39.6 Å². The Balaban J connectivity index is 1.41. The van der Waals surface area contributed by atoms with E-state index in [1.807, 2.05) is 16.7 Å². The molecule has 1 unspecified atom stereocenters. The van der Waals surface area contributed by atoms with Crippen LogP contribution in [0.15, 0.2) is 33.0 Å². The number of halogens is 1. The molecule has 31 heavy (non-hydrogen) atoms. The minimum Gasteiger partial charge on any atom is -0.465 e.